The molecule has 0 saturated heterocycles. The van der Waals surface area contributed by atoms with Crippen LogP contribution >= 0.6 is 0 Å². The highest BCUT2D eigenvalue weighted by molar-refractivity contribution is 5.96. The summed E-state index contributed by atoms with van der Waals surface area (Å²) in [5.74, 6) is 0.608. The summed E-state index contributed by atoms with van der Waals surface area (Å²) in [5.41, 5.74) is 4.19. The van der Waals surface area contributed by atoms with Crippen molar-refractivity contribution in [1.82, 2.24) is 5.43 Å². The lowest BCUT2D eigenvalue weighted by molar-refractivity contribution is -0.120. The van der Waals surface area contributed by atoms with E-state index in [1.807, 2.05) is 49.4 Å². The van der Waals surface area contributed by atoms with Gasteiger partial charge in [0.1, 0.15) is 5.76 Å². The minimum absolute atomic E-state index is 0.137. The molecule has 2 aromatic rings. The predicted molar refractivity (Wildman–Crippen MR) is 79.1 cm³/mol. The normalized spacial score (nSPS) is 11.8. The van der Waals surface area contributed by atoms with Crippen molar-refractivity contribution in [2.45, 2.75) is 13.3 Å². The lowest BCUT2D eigenvalue weighted by Gasteiger charge is -2.00. The Hall–Kier alpha value is -2.62. The molecule has 4 nitrogen and oxygen atoms in total. The Morgan fingerprint density at radius 1 is 1.25 bits per heavy atom. The zero-order valence-electron chi connectivity index (χ0n) is 11.2. The van der Waals surface area contributed by atoms with Crippen molar-refractivity contribution in [2.75, 3.05) is 0 Å². The number of carbonyl (C=O) groups is 1. The number of rotatable bonds is 5. The molecule has 4 heteroatoms. The molecular weight excluding hydrogens is 252 g/mol. The standard InChI is InChI=1S/C16H16N2O2/c1-13(9-10-15-8-5-11-20-15)17-18-16(19)12-14-6-3-2-4-7-14/h2-11H,12H2,1H3,(H,18,19). The third kappa shape index (κ3) is 4.57. The predicted octanol–water partition coefficient (Wildman–Crippen LogP) is 3.03. The number of amides is 1. The van der Waals surface area contributed by atoms with Gasteiger partial charge in [0.2, 0.25) is 5.91 Å². The zero-order chi connectivity index (χ0) is 14.2. The van der Waals surface area contributed by atoms with Crippen molar-refractivity contribution in [2.24, 2.45) is 5.10 Å². The fourth-order valence-electron chi connectivity index (χ4n) is 1.60. The highest BCUT2D eigenvalue weighted by Gasteiger charge is 2.01. The van der Waals surface area contributed by atoms with Crippen LogP contribution in [0.2, 0.25) is 0 Å². The van der Waals surface area contributed by atoms with Crippen LogP contribution in [0.15, 0.2) is 64.3 Å². The molecule has 0 fully saturated rings. The van der Waals surface area contributed by atoms with Gasteiger partial charge in [-0.15, -0.1) is 0 Å². The number of hydrogen-bond donors (Lipinski definition) is 1. The second kappa shape index (κ2) is 7.09. The minimum Gasteiger partial charge on any atom is -0.465 e. The number of benzene rings is 1. The second-order valence-corrected chi connectivity index (χ2v) is 4.30. The molecular formula is C16H16N2O2. The van der Waals surface area contributed by atoms with E-state index in [2.05, 4.69) is 10.5 Å². The van der Waals surface area contributed by atoms with Crippen molar-refractivity contribution in [1.29, 1.82) is 0 Å². The van der Waals surface area contributed by atoms with Crippen molar-refractivity contribution in [3.8, 4) is 0 Å². The van der Waals surface area contributed by atoms with Crippen molar-refractivity contribution < 1.29 is 9.21 Å². The SMILES string of the molecule is CC(C=Cc1ccco1)=NNC(=O)Cc1ccccc1. The van der Waals surface area contributed by atoms with Crippen LogP contribution in [0.5, 0.6) is 0 Å². The molecule has 0 aliphatic rings. The van der Waals surface area contributed by atoms with Crippen LogP contribution in [0, 0.1) is 0 Å². The molecule has 1 N–H and O–H groups in total. The Bertz CT molecular complexity index is 599. The summed E-state index contributed by atoms with van der Waals surface area (Å²) in [6.07, 6.45) is 5.50. The molecule has 0 unspecified atom stereocenters. The van der Waals surface area contributed by atoms with E-state index in [-0.39, 0.29) is 5.91 Å². The molecule has 0 bridgehead atoms. The number of furan rings is 1. The number of carbonyl (C=O) groups excluding carboxylic acids is 1. The summed E-state index contributed by atoms with van der Waals surface area (Å²) in [4.78, 5) is 11.7. The molecule has 0 aliphatic carbocycles. The molecule has 1 aromatic heterocycles. The van der Waals surface area contributed by atoms with E-state index >= 15 is 0 Å². The Balaban J connectivity index is 1.84. The Labute approximate surface area is 117 Å². The Morgan fingerprint density at radius 2 is 2.05 bits per heavy atom. The minimum atomic E-state index is -0.137. The van der Waals surface area contributed by atoms with Gasteiger partial charge in [-0.05, 0) is 36.8 Å². The van der Waals surface area contributed by atoms with Gasteiger partial charge in [-0.25, -0.2) is 5.43 Å². The first-order valence-corrected chi connectivity index (χ1v) is 6.32. The maximum atomic E-state index is 11.7. The molecule has 102 valence electrons. The molecule has 0 aliphatic heterocycles. The second-order valence-electron chi connectivity index (χ2n) is 4.30. The molecule has 0 spiro atoms. The van der Waals surface area contributed by atoms with Gasteiger partial charge in [0, 0.05) is 0 Å². The maximum absolute atomic E-state index is 11.7. The third-order valence-electron chi connectivity index (χ3n) is 2.60. The van der Waals surface area contributed by atoms with Crippen molar-refractivity contribution >= 4 is 17.7 Å². The number of hydrogen-bond acceptors (Lipinski definition) is 3. The summed E-state index contributed by atoms with van der Waals surface area (Å²) < 4.78 is 5.16. The smallest absolute Gasteiger partial charge is 0.244 e. The first-order chi connectivity index (χ1) is 9.74. The van der Waals surface area contributed by atoms with Gasteiger partial charge in [0.05, 0.1) is 18.4 Å². The molecule has 1 heterocycles. The van der Waals surface area contributed by atoms with Crippen molar-refractivity contribution in [3.05, 3.63) is 66.1 Å². The van der Waals surface area contributed by atoms with Gasteiger partial charge in [-0.2, -0.15) is 5.10 Å². The highest BCUT2D eigenvalue weighted by Crippen LogP contribution is 2.02. The summed E-state index contributed by atoms with van der Waals surface area (Å²) in [6, 6.07) is 13.2. The van der Waals surface area contributed by atoms with Crippen LogP contribution in [0.1, 0.15) is 18.2 Å². The van der Waals surface area contributed by atoms with Crippen molar-refractivity contribution in [3.63, 3.8) is 0 Å². The Morgan fingerprint density at radius 3 is 2.75 bits per heavy atom. The summed E-state index contributed by atoms with van der Waals surface area (Å²) in [6.45, 7) is 1.81. The van der Waals surface area contributed by atoms with Gasteiger partial charge < -0.3 is 4.42 Å². The Kier molecular flexibility index (Phi) is 4.89. The number of allylic oxidation sites excluding steroid dienone is 1. The van der Waals surface area contributed by atoms with Crippen LogP contribution in [-0.2, 0) is 11.2 Å². The fraction of sp³-hybridized carbons (Fsp3) is 0.125. The lowest BCUT2D eigenvalue weighted by atomic mass is 10.1. The van der Waals surface area contributed by atoms with Gasteiger partial charge in [-0.3, -0.25) is 4.79 Å². The maximum Gasteiger partial charge on any atom is 0.244 e. The average Bonchev–Trinajstić information content (AvgIpc) is 2.97. The van der Waals surface area contributed by atoms with Crippen LogP contribution in [0.4, 0.5) is 0 Å². The van der Waals surface area contributed by atoms with E-state index in [4.69, 9.17) is 4.42 Å². The summed E-state index contributed by atoms with van der Waals surface area (Å²) in [7, 11) is 0. The summed E-state index contributed by atoms with van der Waals surface area (Å²) >= 11 is 0. The number of nitrogens with zero attached hydrogens (tertiary/aromatic N) is 1. The number of nitrogens with one attached hydrogen (secondary N) is 1. The first-order valence-electron chi connectivity index (χ1n) is 6.32. The monoisotopic (exact) mass is 268 g/mol. The molecule has 0 radical (unpaired) electrons. The van der Waals surface area contributed by atoms with Gasteiger partial charge in [-0.1, -0.05) is 30.3 Å². The molecule has 2 rings (SSSR count). The van der Waals surface area contributed by atoms with Crippen LogP contribution in [-0.4, -0.2) is 11.6 Å². The van der Waals surface area contributed by atoms with Gasteiger partial charge in [0.15, 0.2) is 0 Å². The van der Waals surface area contributed by atoms with Gasteiger partial charge >= 0.3 is 0 Å². The number of hydrazone groups is 1. The first kappa shape index (κ1) is 13.8. The van der Waals surface area contributed by atoms with Crippen LogP contribution < -0.4 is 5.43 Å². The van der Waals surface area contributed by atoms with E-state index in [1.54, 1.807) is 18.4 Å². The fourth-order valence-corrected chi connectivity index (χ4v) is 1.60. The quantitative estimate of drug-likeness (QED) is 0.669. The van der Waals surface area contributed by atoms with E-state index in [0.29, 0.717) is 12.1 Å². The molecule has 0 saturated carbocycles. The van der Waals surface area contributed by atoms with E-state index in [0.717, 1.165) is 11.3 Å². The molecule has 20 heavy (non-hydrogen) atoms. The van der Waals surface area contributed by atoms with E-state index in [1.165, 1.54) is 0 Å². The molecule has 1 amide bonds. The average molecular weight is 268 g/mol. The van der Waals surface area contributed by atoms with E-state index in [9.17, 15) is 4.79 Å². The highest BCUT2D eigenvalue weighted by atomic mass is 16.3. The summed E-state index contributed by atoms with van der Waals surface area (Å²) in [5, 5.41) is 4.01. The van der Waals surface area contributed by atoms with Crippen LogP contribution in [0.3, 0.4) is 0 Å². The topological polar surface area (TPSA) is 54.6 Å². The zero-order valence-corrected chi connectivity index (χ0v) is 11.2. The van der Waals surface area contributed by atoms with Gasteiger partial charge in [0.25, 0.3) is 0 Å². The van der Waals surface area contributed by atoms with Crippen LogP contribution in [0.25, 0.3) is 6.08 Å². The molecule has 1 aromatic carbocycles. The third-order valence-corrected chi connectivity index (χ3v) is 2.60. The lowest BCUT2D eigenvalue weighted by Crippen LogP contribution is -2.20. The largest absolute Gasteiger partial charge is 0.465 e. The molecule has 0 atom stereocenters. The van der Waals surface area contributed by atoms with E-state index < -0.39 is 0 Å².